The van der Waals surface area contributed by atoms with Gasteiger partial charge in [-0.1, -0.05) is 17.7 Å². The molecule has 1 heterocycles. The second-order valence-electron chi connectivity index (χ2n) is 9.34. The molecule has 30 heavy (non-hydrogen) atoms. The van der Waals surface area contributed by atoms with E-state index >= 15 is 0 Å². The van der Waals surface area contributed by atoms with Gasteiger partial charge >= 0.3 is 5.97 Å². The maximum absolute atomic E-state index is 14.2. The lowest BCUT2D eigenvalue weighted by atomic mass is 9.85. The number of carbonyl (C=O) groups is 2. The van der Waals surface area contributed by atoms with Crippen LogP contribution >= 0.6 is 11.6 Å². The van der Waals surface area contributed by atoms with Gasteiger partial charge in [0.2, 0.25) is 5.91 Å². The van der Waals surface area contributed by atoms with Gasteiger partial charge in [-0.15, -0.1) is 0 Å². The van der Waals surface area contributed by atoms with Crippen molar-refractivity contribution in [3.8, 4) is 0 Å². The Bertz CT molecular complexity index is 852. The summed E-state index contributed by atoms with van der Waals surface area (Å²) in [6.45, 7) is 5.72. The van der Waals surface area contributed by atoms with E-state index in [2.05, 4.69) is 0 Å². The van der Waals surface area contributed by atoms with Crippen molar-refractivity contribution in [1.82, 2.24) is 4.90 Å². The van der Waals surface area contributed by atoms with Crippen molar-refractivity contribution in [3.63, 3.8) is 0 Å². The number of amides is 1. The number of rotatable bonds is 7. The third-order valence-electron chi connectivity index (χ3n) is 6.01. The Morgan fingerprint density at radius 3 is 2.50 bits per heavy atom. The summed E-state index contributed by atoms with van der Waals surface area (Å²) in [5.41, 5.74) is 0.645. The van der Waals surface area contributed by atoms with E-state index in [0.717, 1.165) is 12.8 Å². The van der Waals surface area contributed by atoms with E-state index < -0.39 is 33.3 Å². The van der Waals surface area contributed by atoms with Gasteiger partial charge in [-0.3, -0.25) is 13.8 Å². The number of hydrogen-bond acceptors (Lipinski definition) is 3. The predicted molar refractivity (Wildman–Crippen MR) is 115 cm³/mol. The minimum absolute atomic E-state index is 0.0174. The summed E-state index contributed by atoms with van der Waals surface area (Å²) >= 11 is 5.85. The molecule has 1 aliphatic carbocycles. The van der Waals surface area contributed by atoms with E-state index in [1.54, 1.807) is 11.0 Å². The first-order chi connectivity index (χ1) is 14.0. The first kappa shape index (κ1) is 23.2. The summed E-state index contributed by atoms with van der Waals surface area (Å²) in [7, 11) is -1.17. The van der Waals surface area contributed by atoms with Gasteiger partial charge in [-0.05, 0) is 70.1 Å². The molecule has 2 aliphatic rings. The first-order valence-corrected chi connectivity index (χ1v) is 12.1. The normalized spacial score (nSPS) is 24.6. The molecule has 1 aliphatic heterocycles. The summed E-state index contributed by atoms with van der Waals surface area (Å²) in [5, 5.41) is 9.27. The summed E-state index contributed by atoms with van der Waals surface area (Å²) in [5.74, 6) is -1.82. The smallest absolute Gasteiger partial charge is 0.304 e. The summed E-state index contributed by atoms with van der Waals surface area (Å²) in [6.07, 6.45) is 2.63. The molecular formula is C22H29ClFNO4S. The number of halogens is 2. The number of piperidine rings is 1. The van der Waals surface area contributed by atoms with Gasteiger partial charge < -0.3 is 10.0 Å². The van der Waals surface area contributed by atoms with E-state index in [-0.39, 0.29) is 35.4 Å². The molecule has 4 unspecified atom stereocenters. The molecule has 1 saturated heterocycles. The highest BCUT2D eigenvalue weighted by Gasteiger charge is 2.46. The van der Waals surface area contributed by atoms with Crippen LogP contribution in [0, 0.1) is 17.7 Å². The monoisotopic (exact) mass is 457 g/mol. The lowest BCUT2D eigenvalue weighted by Gasteiger charge is -2.44. The molecule has 166 valence electrons. The van der Waals surface area contributed by atoms with Gasteiger partial charge in [0.25, 0.3) is 0 Å². The van der Waals surface area contributed by atoms with Crippen LogP contribution in [0.5, 0.6) is 0 Å². The Hall–Kier alpha value is -1.47. The molecular weight excluding hydrogens is 429 g/mol. The molecule has 0 radical (unpaired) electrons. The second kappa shape index (κ2) is 8.95. The lowest BCUT2D eigenvalue weighted by Crippen LogP contribution is -2.53. The van der Waals surface area contributed by atoms with Crippen molar-refractivity contribution in [2.45, 2.75) is 69.7 Å². The largest absolute Gasteiger partial charge is 0.481 e. The average molecular weight is 458 g/mol. The number of likely N-dealkylation sites (tertiary alicyclic amines) is 1. The van der Waals surface area contributed by atoms with Crippen LogP contribution in [0.4, 0.5) is 4.39 Å². The van der Waals surface area contributed by atoms with Gasteiger partial charge in [0.05, 0.1) is 17.5 Å². The van der Waals surface area contributed by atoms with E-state index in [0.29, 0.717) is 24.2 Å². The number of benzene rings is 1. The fourth-order valence-corrected chi connectivity index (χ4v) is 5.52. The lowest BCUT2D eigenvalue weighted by molar-refractivity contribution is -0.151. The standard InChI is InChI=1S/C22H29ClFNO4S/c1-22(2,3)30(29)12-19(13-4-5-13)25-18(14-6-8-16(23)17(24)10-14)9-7-15(21(25)28)11-20(26)27/h6,8,10,13,15,18-19H,4-5,7,9,11-12H2,1-3H3,(H,26,27). The number of nitrogens with zero attached hydrogens (tertiary/aromatic N) is 1. The van der Waals surface area contributed by atoms with Gasteiger partial charge in [-0.2, -0.15) is 0 Å². The van der Waals surface area contributed by atoms with Crippen molar-refractivity contribution in [1.29, 1.82) is 0 Å². The third-order valence-corrected chi connectivity index (χ3v) is 8.32. The molecule has 0 aromatic heterocycles. The number of hydrogen-bond donors (Lipinski definition) is 1. The molecule has 1 saturated carbocycles. The highest BCUT2D eigenvalue weighted by Crippen LogP contribution is 2.44. The van der Waals surface area contributed by atoms with E-state index in [9.17, 15) is 23.3 Å². The highest BCUT2D eigenvalue weighted by atomic mass is 35.5. The molecule has 1 amide bonds. The molecule has 5 nitrogen and oxygen atoms in total. The van der Waals surface area contributed by atoms with Gasteiger partial charge in [0.1, 0.15) is 5.82 Å². The summed E-state index contributed by atoms with van der Waals surface area (Å²) in [6, 6.07) is 3.93. The molecule has 1 N–H and O–H groups in total. The van der Waals surface area contributed by atoms with Crippen LogP contribution in [0.15, 0.2) is 18.2 Å². The Kier molecular flexibility index (Phi) is 6.92. The van der Waals surface area contributed by atoms with E-state index in [4.69, 9.17) is 11.6 Å². The zero-order valence-corrected chi connectivity index (χ0v) is 19.1. The van der Waals surface area contributed by atoms with Crippen LogP contribution in [0.2, 0.25) is 5.02 Å². The van der Waals surface area contributed by atoms with Crippen molar-refractivity contribution in [2.24, 2.45) is 11.8 Å². The Morgan fingerprint density at radius 2 is 1.97 bits per heavy atom. The molecule has 2 fully saturated rings. The molecule has 1 aromatic rings. The van der Waals surface area contributed by atoms with Crippen molar-refractivity contribution >= 4 is 34.3 Å². The topological polar surface area (TPSA) is 74.7 Å². The highest BCUT2D eigenvalue weighted by molar-refractivity contribution is 7.86. The van der Waals surface area contributed by atoms with E-state index in [1.807, 2.05) is 20.8 Å². The minimum atomic E-state index is -1.17. The fourth-order valence-electron chi connectivity index (χ4n) is 4.16. The van der Waals surface area contributed by atoms with Crippen LogP contribution in [-0.4, -0.2) is 42.6 Å². The summed E-state index contributed by atoms with van der Waals surface area (Å²) < 4.78 is 26.7. The number of carbonyl (C=O) groups excluding carboxylic acids is 1. The Morgan fingerprint density at radius 1 is 1.30 bits per heavy atom. The minimum Gasteiger partial charge on any atom is -0.481 e. The van der Waals surface area contributed by atoms with Gasteiger partial charge in [0.15, 0.2) is 0 Å². The molecule has 8 heteroatoms. The van der Waals surface area contributed by atoms with Crippen LogP contribution < -0.4 is 0 Å². The van der Waals surface area contributed by atoms with Crippen LogP contribution in [-0.2, 0) is 20.4 Å². The molecule has 3 rings (SSSR count). The predicted octanol–water partition coefficient (Wildman–Crippen LogP) is 4.56. The quantitative estimate of drug-likeness (QED) is 0.651. The Balaban J connectivity index is 1.98. The number of carboxylic acids is 1. The molecule has 0 spiro atoms. The fraction of sp³-hybridized carbons (Fsp3) is 0.636. The van der Waals surface area contributed by atoms with E-state index in [1.165, 1.54) is 12.1 Å². The van der Waals surface area contributed by atoms with Crippen molar-refractivity contribution in [2.75, 3.05) is 5.75 Å². The molecule has 0 bridgehead atoms. The first-order valence-electron chi connectivity index (χ1n) is 10.4. The summed E-state index contributed by atoms with van der Waals surface area (Å²) in [4.78, 5) is 26.5. The van der Waals surface area contributed by atoms with Crippen LogP contribution in [0.25, 0.3) is 0 Å². The van der Waals surface area contributed by atoms with Crippen LogP contribution in [0.3, 0.4) is 0 Å². The maximum atomic E-state index is 14.2. The van der Waals surface area contributed by atoms with Crippen molar-refractivity contribution in [3.05, 3.63) is 34.6 Å². The SMILES string of the molecule is CC(C)(C)S(=O)CC(C1CC1)N1C(=O)C(CC(=O)O)CCC1c1ccc(Cl)c(F)c1. The zero-order chi connectivity index (χ0) is 22.2. The Labute approximate surface area is 184 Å². The molecule has 1 aromatic carbocycles. The third kappa shape index (κ3) is 5.22. The van der Waals surface area contributed by atoms with Gasteiger partial charge in [0, 0.05) is 33.3 Å². The van der Waals surface area contributed by atoms with Gasteiger partial charge in [-0.25, -0.2) is 4.39 Å². The number of aliphatic carboxylic acids is 1. The van der Waals surface area contributed by atoms with Crippen LogP contribution in [0.1, 0.15) is 64.5 Å². The maximum Gasteiger partial charge on any atom is 0.304 e. The molecule has 4 atom stereocenters. The zero-order valence-electron chi connectivity index (χ0n) is 17.6. The second-order valence-corrected chi connectivity index (χ2v) is 12.0. The number of carboxylic acid groups (broad SMARTS) is 1. The van der Waals surface area contributed by atoms with Crippen molar-refractivity contribution < 1.29 is 23.3 Å². The average Bonchev–Trinajstić information content (AvgIpc) is 3.48.